The summed E-state index contributed by atoms with van der Waals surface area (Å²) in [6.45, 7) is 3.90. The first kappa shape index (κ1) is 11.7. The highest BCUT2D eigenvalue weighted by molar-refractivity contribution is 5.69. The van der Waals surface area contributed by atoms with E-state index in [9.17, 15) is 4.79 Å². The largest absolute Gasteiger partial charge is 0.481 e. The van der Waals surface area contributed by atoms with E-state index in [2.05, 4.69) is 23.1 Å². The second-order valence-electron chi connectivity index (χ2n) is 5.68. The van der Waals surface area contributed by atoms with Gasteiger partial charge in [-0.1, -0.05) is 25.1 Å². The molecule has 1 fully saturated rings. The quantitative estimate of drug-likeness (QED) is 0.885. The van der Waals surface area contributed by atoms with Crippen LogP contribution >= 0.6 is 0 Å². The third kappa shape index (κ3) is 2.27. The van der Waals surface area contributed by atoms with Gasteiger partial charge < -0.3 is 5.11 Å². The lowest BCUT2D eigenvalue weighted by molar-refractivity contribution is -0.141. The Labute approximate surface area is 107 Å². The topological polar surface area (TPSA) is 40.5 Å². The van der Waals surface area contributed by atoms with Crippen molar-refractivity contribution in [1.82, 2.24) is 4.90 Å². The molecule has 1 atom stereocenters. The smallest absolute Gasteiger partial charge is 0.306 e. The van der Waals surface area contributed by atoms with Gasteiger partial charge in [-0.25, -0.2) is 0 Å². The van der Waals surface area contributed by atoms with E-state index >= 15 is 0 Å². The van der Waals surface area contributed by atoms with Crippen molar-refractivity contribution in [2.24, 2.45) is 5.92 Å². The molecule has 1 unspecified atom stereocenters. The van der Waals surface area contributed by atoms with Crippen LogP contribution in [0.5, 0.6) is 0 Å². The first-order valence-corrected chi connectivity index (χ1v) is 6.71. The molecule has 96 valence electrons. The maximum Gasteiger partial charge on any atom is 0.306 e. The molecule has 0 amide bonds. The average molecular weight is 245 g/mol. The lowest BCUT2D eigenvalue weighted by Crippen LogP contribution is -2.18. The van der Waals surface area contributed by atoms with Crippen molar-refractivity contribution in [3.8, 4) is 0 Å². The van der Waals surface area contributed by atoms with Crippen molar-refractivity contribution in [3.63, 3.8) is 0 Å². The summed E-state index contributed by atoms with van der Waals surface area (Å²) in [6, 6.07) is 7.28. The minimum absolute atomic E-state index is 0.302. The molecular weight excluding hydrogens is 226 g/mol. The van der Waals surface area contributed by atoms with Crippen LogP contribution in [-0.4, -0.2) is 22.0 Å². The Balaban J connectivity index is 1.72. The standard InChI is InChI=1S/C15H19NO2/c1-10(15(17)18)6-11-2-3-12-8-16(14-4-5-14)9-13(12)7-11/h2-3,7,10,14H,4-6,8-9H2,1H3,(H,17,18). The first-order chi connectivity index (χ1) is 8.63. The van der Waals surface area contributed by atoms with E-state index in [4.69, 9.17) is 5.11 Å². The van der Waals surface area contributed by atoms with Gasteiger partial charge in [0.2, 0.25) is 0 Å². The summed E-state index contributed by atoms with van der Waals surface area (Å²) in [5.74, 6) is -1.01. The molecule has 3 heteroatoms. The molecule has 1 aliphatic carbocycles. The molecule has 18 heavy (non-hydrogen) atoms. The van der Waals surface area contributed by atoms with Crippen LogP contribution in [0.4, 0.5) is 0 Å². The van der Waals surface area contributed by atoms with E-state index in [0.29, 0.717) is 6.42 Å². The van der Waals surface area contributed by atoms with Crippen molar-refractivity contribution in [2.45, 2.75) is 45.3 Å². The molecule has 1 heterocycles. The Bertz CT molecular complexity index is 479. The molecule has 1 N–H and O–H groups in total. The fraction of sp³-hybridized carbons (Fsp3) is 0.533. The average Bonchev–Trinajstić information content (AvgIpc) is 3.09. The van der Waals surface area contributed by atoms with Crippen LogP contribution in [0, 0.1) is 5.92 Å². The number of aliphatic carboxylic acids is 1. The fourth-order valence-corrected chi connectivity index (χ4v) is 2.74. The monoisotopic (exact) mass is 245 g/mol. The van der Waals surface area contributed by atoms with E-state index < -0.39 is 5.97 Å². The fourth-order valence-electron chi connectivity index (χ4n) is 2.74. The number of benzene rings is 1. The van der Waals surface area contributed by atoms with Gasteiger partial charge in [-0.3, -0.25) is 9.69 Å². The van der Waals surface area contributed by atoms with Crippen LogP contribution in [0.1, 0.15) is 36.5 Å². The SMILES string of the molecule is CC(Cc1ccc2c(c1)CN(C1CC1)C2)C(=O)O. The van der Waals surface area contributed by atoms with Gasteiger partial charge >= 0.3 is 5.97 Å². The van der Waals surface area contributed by atoms with E-state index in [1.165, 1.54) is 24.0 Å². The number of carboxylic acids is 1. The molecule has 1 aliphatic heterocycles. The number of rotatable bonds is 4. The number of fused-ring (bicyclic) bond motifs is 1. The Hall–Kier alpha value is -1.35. The van der Waals surface area contributed by atoms with E-state index in [0.717, 1.165) is 24.7 Å². The van der Waals surface area contributed by atoms with E-state index in [1.54, 1.807) is 6.92 Å². The molecule has 1 saturated carbocycles. The summed E-state index contributed by atoms with van der Waals surface area (Å²) in [7, 11) is 0. The van der Waals surface area contributed by atoms with Crippen molar-refractivity contribution in [2.75, 3.05) is 0 Å². The molecule has 3 rings (SSSR count). The second kappa shape index (κ2) is 4.39. The maximum absolute atomic E-state index is 10.9. The lowest BCUT2D eigenvalue weighted by atomic mass is 9.98. The number of carboxylic acid groups (broad SMARTS) is 1. The van der Waals surface area contributed by atoms with Crippen LogP contribution in [0.2, 0.25) is 0 Å². The normalized spacial score (nSPS) is 20.7. The molecule has 2 aliphatic rings. The molecule has 0 radical (unpaired) electrons. The molecule has 0 saturated heterocycles. The molecule has 0 aromatic heterocycles. The molecule has 1 aromatic rings. The van der Waals surface area contributed by atoms with Gasteiger partial charge in [0.05, 0.1) is 5.92 Å². The summed E-state index contributed by atoms with van der Waals surface area (Å²) in [5.41, 5.74) is 3.98. The summed E-state index contributed by atoms with van der Waals surface area (Å²) in [6.07, 6.45) is 3.32. The summed E-state index contributed by atoms with van der Waals surface area (Å²) >= 11 is 0. The van der Waals surface area contributed by atoms with Crippen LogP contribution < -0.4 is 0 Å². The molecule has 0 bridgehead atoms. The first-order valence-electron chi connectivity index (χ1n) is 6.71. The molecule has 3 nitrogen and oxygen atoms in total. The third-order valence-corrected chi connectivity index (χ3v) is 4.04. The predicted octanol–water partition coefficient (Wildman–Crippen LogP) is 2.43. The van der Waals surface area contributed by atoms with Gasteiger partial charge in [-0.2, -0.15) is 0 Å². The highest BCUT2D eigenvalue weighted by Gasteiger charge is 2.32. The number of carbonyl (C=O) groups is 1. The van der Waals surface area contributed by atoms with Gasteiger partial charge in [0.1, 0.15) is 0 Å². The highest BCUT2D eigenvalue weighted by Crippen LogP contribution is 2.35. The van der Waals surface area contributed by atoms with Crippen molar-refractivity contribution in [1.29, 1.82) is 0 Å². The van der Waals surface area contributed by atoms with Crippen LogP contribution in [0.15, 0.2) is 18.2 Å². The summed E-state index contributed by atoms with van der Waals surface area (Å²) in [5, 5.41) is 8.95. The van der Waals surface area contributed by atoms with Crippen molar-refractivity contribution >= 4 is 5.97 Å². The zero-order chi connectivity index (χ0) is 12.7. The van der Waals surface area contributed by atoms with Gasteiger partial charge in [0.25, 0.3) is 0 Å². The van der Waals surface area contributed by atoms with Gasteiger partial charge in [-0.05, 0) is 36.0 Å². The van der Waals surface area contributed by atoms with Gasteiger partial charge in [-0.15, -0.1) is 0 Å². The Morgan fingerprint density at radius 1 is 1.39 bits per heavy atom. The molecule has 0 spiro atoms. The third-order valence-electron chi connectivity index (χ3n) is 4.04. The van der Waals surface area contributed by atoms with Gasteiger partial charge in [0, 0.05) is 19.1 Å². The number of hydrogen-bond donors (Lipinski definition) is 1. The Kier molecular flexibility index (Phi) is 2.86. The predicted molar refractivity (Wildman–Crippen MR) is 69.2 cm³/mol. The lowest BCUT2D eigenvalue weighted by Gasteiger charge is -2.12. The Morgan fingerprint density at radius 3 is 2.78 bits per heavy atom. The molecule has 1 aromatic carbocycles. The van der Waals surface area contributed by atoms with E-state index in [-0.39, 0.29) is 5.92 Å². The van der Waals surface area contributed by atoms with Crippen LogP contribution in [0.3, 0.4) is 0 Å². The van der Waals surface area contributed by atoms with Gasteiger partial charge in [0.15, 0.2) is 0 Å². The summed E-state index contributed by atoms with van der Waals surface area (Å²) < 4.78 is 0. The zero-order valence-electron chi connectivity index (χ0n) is 10.7. The van der Waals surface area contributed by atoms with Crippen LogP contribution in [0.25, 0.3) is 0 Å². The maximum atomic E-state index is 10.9. The zero-order valence-corrected chi connectivity index (χ0v) is 10.7. The second-order valence-corrected chi connectivity index (χ2v) is 5.68. The number of hydrogen-bond acceptors (Lipinski definition) is 2. The Morgan fingerprint density at radius 2 is 2.11 bits per heavy atom. The van der Waals surface area contributed by atoms with Crippen molar-refractivity contribution < 1.29 is 9.90 Å². The van der Waals surface area contributed by atoms with Crippen molar-refractivity contribution in [3.05, 3.63) is 34.9 Å². The van der Waals surface area contributed by atoms with Crippen LogP contribution in [-0.2, 0) is 24.3 Å². The highest BCUT2D eigenvalue weighted by atomic mass is 16.4. The minimum Gasteiger partial charge on any atom is -0.481 e. The summed E-state index contributed by atoms with van der Waals surface area (Å²) in [4.78, 5) is 13.4. The minimum atomic E-state index is -0.713. The van der Waals surface area contributed by atoms with E-state index in [1.807, 2.05) is 0 Å². The molecular formula is C15H19NO2. The number of nitrogens with zero attached hydrogens (tertiary/aromatic N) is 1.